The van der Waals surface area contributed by atoms with Crippen molar-refractivity contribution in [2.45, 2.75) is 13.8 Å². The Morgan fingerprint density at radius 2 is 2.17 bits per heavy atom. The third kappa shape index (κ3) is 3.21. The summed E-state index contributed by atoms with van der Waals surface area (Å²) < 4.78 is 6.85. The molecular formula is C14H13ClN6O2. The van der Waals surface area contributed by atoms with Crippen LogP contribution in [0.25, 0.3) is 17.4 Å². The lowest BCUT2D eigenvalue weighted by Crippen LogP contribution is -2.16. The number of hydrogen-bond acceptors (Lipinski definition) is 6. The Labute approximate surface area is 136 Å². The quantitative estimate of drug-likeness (QED) is 0.735. The van der Waals surface area contributed by atoms with Crippen LogP contribution in [0.1, 0.15) is 11.4 Å². The van der Waals surface area contributed by atoms with E-state index in [2.05, 4.69) is 25.4 Å². The van der Waals surface area contributed by atoms with Gasteiger partial charge in [0.25, 0.3) is 5.95 Å². The van der Waals surface area contributed by atoms with Crippen LogP contribution in [-0.2, 0) is 4.79 Å². The maximum absolute atomic E-state index is 11.5. The molecule has 0 aromatic carbocycles. The zero-order valence-corrected chi connectivity index (χ0v) is 13.2. The summed E-state index contributed by atoms with van der Waals surface area (Å²) in [6.45, 7) is 3.77. The highest BCUT2D eigenvalue weighted by Gasteiger charge is 2.14. The number of carbonyl (C=O) groups is 1. The summed E-state index contributed by atoms with van der Waals surface area (Å²) in [5.74, 6) is 0.537. The molecule has 1 N–H and O–H groups in total. The molecular weight excluding hydrogens is 320 g/mol. The van der Waals surface area contributed by atoms with Gasteiger partial charge in [-0.2, -0.15) is 10.1 Å². The summed E-state index contributed by atoms with van der Waals surface area (Å²) in [7, 11) is 0. The van der Waals surface area contributed by atoms with Crippen LogP contribution in [0.3, 0.4) is 0 Å². The molecule has 8 nitrogen and oxygen atoms in total. The van der Waals surface area contributed by atoms with Crippen LogP contribution in [0.4, 0.5) is 5.82 Å². The molecule has 3 heterocycles. The first-order valence-electron chi connectivity index (χ1n) is 6.74. The average molecular weight is 333 g/mol. The Morgan fingerprint density at radius 3 is 2.78 bits per heavy atom. The Bertz CT molecular complexity index is 843. The van der Waals surface area contributed by atoms with Crippen molar-refractivity contribution in [3.8, 4) is 17.4 Å². The van der Waals surface area contributed by atoms with Crippen LogP contribution in [0.5, 0.6) is 0 Å². The molecule has 0 bridgehead atoms. The van der Waals surface area contributed by atoms with Crippen LogP contribution in [0.2, 0.25) is 0 Å². The van der Waals surface area contributed by atoms with Gasteiger partial charge in [-0.1, -0.05) is 0 Å². The summed E-state index contributed by atoms with van der Waals surface area (Å²) in [6.07, 6.45) is 2.83. The molecule has 0 saturated carbocycles. The lowest BCUT2D eigenvalue weighted by molar-refractivity contribution is -0.113. The van der Waals surface area contributed by atoms with Crippen molar-refractivity contribution < 1.29 is 9.21 Å². The van der Waals surface area contributed by atoms with Crippen molar-refractivity contribution in [2.24, 2.45) is 0 Å². The molecule has 1 amide bonds. The van der Waals surface area contributed by atoms with E-state index in [1.807, 2.05) is 19.9 Å². The van der Waals surface area contributed by atoms with E-state index in [1.54, 1.807) is 10.7 Å². The van der Waals surface area contributed by atoms with Crippen molar-refractivity contribution in [2.75, 3.05) is 11.2 Å². The van der Waals surface area contributed by atoms with E-state index in [1.165, 1.54) is 12.6 Å². The minimum absolute atomic E-state index is 0.170. The van der Waals surface area contributed by atoms with E-state index in [-0.39, 0.29) is 11.8 Å². The zero-order chi connectivity index (χ0) is 16.4. The van der Waals surface area contributed by atoms with Gasteiger partial charge in [0.05, 0.1) is 11.9 Å². The number of hydrogen-bond donors (Lipinski definition) is 1. The Hall–Kier alpha value is -2.74. The molecule has 118 valence electrons. The Morgan fingerprint density at radius 1 is 1.35 bits per heavy atom. The first-order chi connectivity index (χ1) is 11.1. The third-order valence-electron chi connectivity index (χ3n) is 2.99. The van der Waals surface area contributed by atoms with E-state index in [0.717, 1.165) is 11.4 Å². The van der Waals surface area contributed by atoms with Crippen molar-refractivity contribution in [1.82, 2.24) is 24.7 Å². The second kappa shape index (κ2) is 6.17. The van der Waals surface area contributed by atoms with Gasteiger partial charge < -0.3 is 9.73 Å². The predicted octanol–water partition coefficient (Wildman–Crippen LogP) is 2.11. The molecule has 0 fully saturated rings. The predicted molar refractivity (Wildman–Crippen MR) is 83.5 cm³/mol. The molecule has 0 spiro atoms. The van der Waals surface area contributed by atoms with Gasteiger partial charge in [-0.25, -0.2) is 14.6 Å². The topological polar surface area (TPSA) is 98.7 Å². The number of nitrogens with zero attached hydrogens (tertiary/aromatic N) is 5. The fourth-order valence-corrected chi connectivity index (χ4v) is 2.14. The first-order valence-corrected chi connectivity index (χ1v) is 7.27. The van der Waals surface area contributed by atoms with Crippen LogP contribution in [0.15, 0.2) is 29.1 Å². The van der Waals surface area contributed by atoms with Crippen LogP contribution in [-0.4, -0.2) is 36.5 Å². The zero-order valence-electron chi connectivity index (χ0n) is 12.4. The molecule has 3 rings (SSSR count). The number of halogens is 1. The molecule has 0 saturated heterocycles. The number of nitrogens with one attached hydrogen (secondary N) is 1. The molecule has 0 aliphatic rings. The summed E-state index contributed by atoms with van der Waals surface area (Å²) in [6, 6.07) is 3.49. The Balaban J connectivity index is 2.11. The molecule has 9 heteroatoms. The smallest absolute Gasteiger partial charge is 0.253 e. The van der Waals surface area contributed by atoms with E-state index >= 15 is 0 Å². The molecule has 23 heavy (non-hydrogen) atoms. The maximum Gasteiger partial charge on any atom is 0.253 e. The second-order valence-electron chi connectivity index (χ2n) is 4.82. The fourth-order valence-electron chi connectivity index (χ4n) is 2.07. The third-order valence-corrected chi connectivity index (χ3v) is 3.23. The van der Waals surface area contributed by atoms with Gasteiger partial charge in [0.15, 0.2) is 12.2 Å². The average Bonchev–Trinajstić information content (AvgIpc) is 3.16. The molecule has 0 aliphatic carbocycles. The number of aryl methyl sites for hydroxylation is 2. The molecule has 0 unspecified atom stereocenters. The molecule has 0 radical (unpaired) electrons. The van der Waals surface area contributed by atoms with Gasteiger partial charge >= 0.3 is 0 Å². The van der Waals surface area contributed by atoms with Gasteiger partial charge in [-0.05, 0) is 19.9 Å². The molecule has 3 aromatic heterocycles. The summed E-state index contributed by atoms with van der Waals surface area (Å²) >= 11 is 5.53. The molecule has 3 aromatic rings. The largest absolute Gasteiger partial charge is 0.442 e. The van der Waals surface area contributed by atoms with Crippen molar-refractivity contribution in [3.63, 3.8) is 0 Å². The number of anilines is 1. The van der Waals surface area contributed by atoms with Gasteiger partial charge in [-0.3, -0.25) is 4.79 Å². The van der Waals surface area contributed by atoms with Gasteiger partial charge in [0.2, 0.25) is 5.91 Å². The maximum atomic E-state index is 11.5. The number of aromatic nitrogens is 5. The number of amides is 1. The van der Waals surface area contributed by atoms with E-state index in [9.17, 15) is 4.79 Å². The summed E-state index contributed by atoms with van der Waals surface area (Å²) in [5.41, 5.74) is 2.18. The standard InChI is InChI=1S/C14H13ClN6O2/c1-8-3-9(2)21(20-8)14-17-10(11-6-16-7-23-11)4-12(19-14)18-13(22)5-15/h3-4,6-7H,5H2,1-2H3,(H,17,18,19,22). The number of alkyl halides is 1. The Kier molecular flexibility index (Phi) is 4.07. The monoisotopic (exact) mass is 332 g/mol. The van der Waals surface area contributed by atoms with Crippen molar-refractivity contribution >= 4 is 23.3 Å². The lowest BCUT2D eigenvalue weighted by Gasteiger charge is -2.08. The minimum Gasteiger partial charge on any atom is -0.442 e. The van der Waals surface area contributed by atoms with Crippen LogP contribution >= 0.6 is 11.6 Å². The van der Waals surface area contributed by atoms with E-state index in [4.69, 9.17) is 16.0 Å². The summed E-state index contributed by atoms with van der Waals surface area (Å²) in [4.78, 5) is 24.1. The molecule has 0 atom stereocenters. The lowest BCUT2D eigenvalue weighted by atomic mass is 10.3. The van der Waals surface area contributed by atoms with E-state index in [0.29, 0.717) is 23.2 Å². The molecule has 0 aliphatic heterocycles. The van der Waals surface area contributed by atoms with Crippen LogP contribution < -0.4 is 5.32 Å². The first kappa shape index (κ1) is 15.2. The minimum atomic E-state index is -0.367. The summed E-state index contributed by atoms with van der Waals surface area (Å²) in [5, 5.41) is 6.96. The fraction of sp³-hybridized carbons (Fsp3) is 0.214. The highest BCUT2D eigenvalue weighted by molar-refractivity contribution is 6.29. The van der Waals surface area contributed by atoms with Gasteiger partial charge in [0, 0.05) is 11.8 Å². The highest BCUT2D eigenvalue weighted by Crippen LogP contribution is 2.21. The normalized spacial score (nSPS) is 10.7. The van der Waals surface area contributed by atoms with E-state index < -0.39 is 0 Å². The second-order valence-corrected chi connectivity index (χ2v) is 5.09. The van der Waals surface area contributed by atoms with Gasteiger partial charge in [-0.15, -0.1) is 11.6 Å². The van der Waals surface area contributed by atoms with Crippen molar-refractivity contribution in [3.05, 3.63) is 36.1 Å². The van der Waals surface area contributed by atoms with Crippen molar-refractivity contribution in [1.29, 1.82) is 0 Å². The SMILES string of the molecule is Cc1cc(C)n(-c2nc(NC(=O)CCl)cc(-c3cnco3)n2)n1. The number of carbonyl (C=O) groups excluding carboxylic acids is 1. The number of rotatable bonds is 4. The van der Waals surface area contributed by atoms with Gasteiger partial charge in [0.1, 0.15) is 17.4 Å². The highest BCUT2D eigenvalue weighted by atomic mass is 35.5. The number of oxazole rings is 1. The van der Waals surface area contributed by atoms with Crippen LogP contribution in [0, 0.1) is 13.8 Å².